The van der Waals surface area contributed by atoms with Crippen LogP contribution in [-0.2, 0) is 22.6 Å². The third-order valence-corrected chi connectivity index (χ3v) is 8.28. The van der Waals surface area contributed by atoms with Crippen LogP contribution in [-0.4, -0.2) is 89.2 Å². The number of amides is 1. The Morgan fingerprint density at radius 2 is 1.85 bits per heavy atom. The van der Waals surface area contributed by atoms with E-state index in [1.165, 1.54) is 4.90 Å². The third-order valence-electron chi connectivity index (χ3n) is 8.28. The van der Waals surface area contributed by atoms with E-state index in [1.807, 2.05) is 25.1 Å². The highest BCUT2D eigenvalue weighted by Gasteiger charge is 2.63. The molecule has 0 aromatic heterocycles. The highest BCUT2D eigenvalue weighted by molar-refractivity contribution is 6.24. The van der Waals surface area contributed by atoms with Gasteiger partial charge in [-0.1, -0.05) is 13.3 Å². The largest absolute Gasteiger partial charge is 0.510 e. The molecule has 4 unspecified atom stereocenters. The molecule has 4 atom stereocenters. The van der Waals surface area contributed by atoms with Gasteiger partial charge in [0.25, 0.3) is 5.91 Å². The molecule has 4 rings (SSSR count). The minimum Gasteiger partial charge on any atom is -0.510 e. The zero-order chi connectivity index (χ0) is 29.0. The molecule has 3 aliphatic rings. The Morgan fingerprint density at radius 1 is 1.18 bits per heavy atom. The van der Waals surface area contributed by atoms with Crippen molar-refractivity contribution >= 4 is 23.2 Å². The molecule has 0 saturated heterocycles. The molecule has 1 aromatic carbocycles. The Hall–Kier alpha value is -3.41. The Balaban J connectivity index is 1.90. The average molecular weight is 543 g/mol. The van der Waals surface area contributed by atoms with Gasteiger partial charge in [0.15, 0.2) is 11.4 Å². The molecular formula is C28H38N4O7. The molecule has 1 amide bonds. The molecule has 11 nitrogen and oxygen atoms in total. The normalized spacial score (nSPS) is 26.5. The maximum absolute atomic E-state index is 14.0. The lowest BCUT2D eigenvalue weighted by Crippen LogP contribution is -2.63. The van der Waals surface area contributed by atoms with E-state index in [0.29, 0.717) is 17.7 Å². The summed E-state index contributed by atoms with van der Waals surface area (Å²) in [7, 11) is 6.88. The van der Waals surface area contributed by atoms with E-state index in [0.717, 1.165) is 25.1 Å². The number of nitrogens with one attached hydrogen (secondary N) is 1. The van der Waals surface area contributed by atoms with E-state index < -0.39 is 58.0 Å². The van der Waals surface area contributed by atoms with Gasteiger partial charge in [0.2, 0.25) is 5.78 Å². The molecular weight excluding hydrogens is 504 g/mol. The Labute approximate surface area is 227 Å². The number of hydrogen-bond donors (Lipinski definition) is 6. The summed E-state index contributed by atoms with van der Waals surface area (Å²) in [5, 5.41) is 48.6. The molecule has 0 aliphatic heterocycles. The van der Waals surface area contributed by atoms with Crippen molar-refractivity contribution in [3.63, 3.8) is 0 Å². The second-order valence-electron chi connectivity index (χ2n) is 11.1. The minimum atomic E-state index is -2.65. The number of allylic oxidation sites excluding steroid dienone is 1. The Kier molecular flexibility index (Phi) is 7.54. The number of hydrogen-bond acceptors (Lipinski definition) is 10. The van der Waals surface area contributed by atoms with Crippen molar-refractivity contribution in [3.8, 4) is 5.75 Å². The van der Waals surface area contributed by atoms with Crippen molar-refractivity contribution in [2.75, 3.05) is 39.6 Å². The standard InChI is InChI=1S/C28H38N4O7/c1-6-7-8-30-12-14-11-17(31(2)3)15-9-13-10-16-21(32(4)5)24(35)20(27(29)38)26(37)28(16,39)25(36)18(13)23(34)19(15)22(14)33/h11,13,16,21,30,33,35-36,39H,6-10,12H2,1-5H3,(H2,29,38). The highest BCUT2D eigenvalue weighted by Crippen LogP contribution is 2.53. The lowest BCUT2D eigenvalue weighted by atomic mass is 9.58. The van der Waals surface area contributed by atoms with Crippen LogP contribution in [0.3, 0.4) is 0 Å². The van der Waals surface area contributed by atoms with Crippen LogP contribution in [0.5, 0.6) is 5.75 Å². The number of aliphatic hydroxyl groups is 3. The van der Waals surface area contributed by atoms with Gasteiger partial charge in [0.1, 0.15) is 22.8 Å². The molecule has 11 heteroatoms. The summed E-state index contributed by atoms with van der Waals surface area (Å²) in [6.07, 6.45) is 2.26. The number of ketones is 2. The number of unbranched alkanes of at least 4 members (excludes halogenated alkanes) is 1. The summed E-state index contributed by atoms with van der Waals surface area (Å²) in [4.78, 5) is 42.9. The number of carbonyl (C=O) groups excluding carboxylic acids is 3. The lowest BCUT2D eigenvalue weighted by Gasteiger charge is -2.50. The molecule has 0 fully saturated rings. The highest BCUT2D eigenvalue weighted by atomic mass is 16.3. The number of primary amides is 1. The number of likely N-dealkylation sites (N-methyl/N-ethyl adjacent to an activating group) is 1. The smallest absolute Gasteiger partial charge is 0.255 e. The van der Waals surface area contributed by atoms with E-state index in [9.17, 15) is 34.8 Å². The first-order valence-corrected chi connectivity index (χ1v) is 13.2. The maximum Gasteiger partial charge on any atom is 0.255 e. The number of carbonyl (C=O) groups is 3. The first kappa shape index (κ1) is 28.6. The van der Waals surface area contributed by atoms with Gasteiger partial charge in [-0.25, -0.2) is 0 Å². The topological polar surface area (TPSA) is 177 Å². The first-order chi connectivity index (χ1) is 18.3. The number of phenols is 1. The van der Waals surface area contributed by atoms with Gasteiger partial charge in [-0.05, 0) is 57.5 Å². The summed E-state index contributed by atoms with van der Waals surface area (Å²) < 4.78 is 0. The van der Waals surface area contributed by atoms with Crippen molar-refractivity contribution in [2.45, 2.75) is 50.8 Å². The Morgan fingerprint density at radius 3 is 2.41 bits per heavy atom. The summed E-state index contributed by atoms with van der Waals surface area (Å²) in [5.74, 6) is -6.50. The van der Waals surface area contributed by atoms with Crippen molar-refractivity contribution in [3.05, 3.63) is 45.4 Å². The van der Waals surface area contributed by atoms with E-state index in [4.69, 9.17) is 5.73 Å². The number of phenolic OH excluding ortho intramolecular Hbond substituents is 1. The monoisotopic (exact) mass is 542 g/mol. The molecule has 0 heterocycles. The van der Waals surface area contributed by atoms with Crippen LogP contribution in [0.1, 0.15) is 47.7 Å². The quantitative estimate of drug-likeness (QED) is 0.206. The van der Waals surface area contributed by atoms with Gasteiger partial charge in [-0.15, -0.1) is 0 Å². The number of anilines is 1. The van der Waals surface area contributed by atoms with Crippen LogP contribution in [0.4, 0.5) is 5.69 Å². The van der Waals surface area contributed by atoms with E-state index >= 15 is 0 Å². The van der Waals surface area contributed by atoms with Crippen LogP contribution in [0.15, 0.2) is 28.7 Å². The van der Waals surface area contributed by atoms with Crippen LogP contribution in [0.2, 0.25) is 0 Å². The zero-order valence-electron chi connectivity index (χ0n) is 23.0. The Bertz CT molecular complexity index is 1300. The molecule has 0 bridgehead atoms. The molecule has 1 aromatic rings. The summed E-state index contributed by atoms with van der Waals surface area (Å²) in [6.45, 7) is 3.13. The molecule has 39 heavy (non-hydrogen) atoms. The number of Topliss-reactive ketones (excluding diaryl/α,β-unsaturated/α-hetero) is 2. The predicted molar refractivity (Wildman–Crippen MR) is 145 cm³/mol. The van der Waals surface area contributed by atoms with Gasteiger partial charge in [0, 0.05) is 43.4 Å². The molecule has 3 aliphatic carbocycles. The summed E-state index contributed by atoms with van der Waals surface area (Å²) >= 11 is 0. The van der Waals surface area contributed by atoms with Crippen LogP contribution in [0, 0.1) is 11.8 Å². The zero-order valence-corrected chi connectivity index (χ0v) is 23.0. The van der Waals surface area contributed by atoms with Gasteiger partial charge in [0.05, 0.1) is 11.6 Å². The maximum atomic E-state index is 14.0. The second kappa shape index (κ2) is 10.3. The SMILES string of the molecule is CCCCNCc1cc(N(C)C)c2c(c1O)C(=O)C1=C(O)C3(O)C(=O)C(C(N)=O)=C(O)C(N(C)C)C3CC1C2. The van der Waals surface area contributed by atoms with E-state index in [-0.39, 0.29) is 29.7 Å². The van der Waals surface area contributed by atoms with Crippen molar-refractivity contribution in [1.82, 2.24) is 10.2 Å². The molecule has 0 radical (unpaired) electrons. The van der Waals surface area contributed by atoms with E-state index in [1.54, 1.807) is 14.1 Å². The second-order valence-corrected chi connectivity index (χ2v) is 11.1. The van der Waals surface area contributed by atoms with E-state index in [2.05, 4.69) is 12.2 Å². The fourth-order valence-electron chi connectivity index (χ4n) is 6.41. The molecule has 0 spiro atoms. The number of aromatic hydroxyl groups is 1. The fourth-order valence-corrected chi connectivity index (χ4v) is 6.41. The van der Waals surface area contributed by atoms with Gasteiger partial charge in [-0.2, -0.15) is 0 Å². The minimum absolute atomic E-state index is 0.0225. The molecule has 212 valence electrons. The van der Waals surface area contributed by atoms with Gasteiger partial charge < -0.3 is 36.4 Å². The summed E-state index contributed by atoms with van der Waals surface area (Å²) in [6, 6.07) is 0.822. The number of rotatable bonds is 8. The lowest BCUT2D eigenvalue weighted by molar-refractivity contribution is -0.148. The number of nitrogens with zero attached hydrogens (tertiary/aromatic N) is 2. The molecule has 7 N–H and O–H groups in total. The summed E-state index contributed by atoms with van der Waals surface area (Å²) in [5.41, 5.74) is 3.64. The third kappa shape index (κ3) is 4.29. The number of benzene rings is 1. The van der Waals surface area contributed by atoms with Crippen LogP contribution < -0.4 is 16.0 Å². The fraction of sp³-hybridized carbons (Fsp3) is 0.536. The van der Waals surface area contributed by atoms with Crippen molar-refractivity contribution in [1.29, 1.82) is 0 Å². The number of fused-ring (bicyclic) bond motifs is 3. The van der Waals surface area contributed by atoms with Gasteiger partial charge >= 0.3 is 0 Å². The van der Waals surface area contributed by atoms with Crippen LogP contribution >= 0.6 is 0 Å². The van der Waals surface area contributed by atoms with Crippen molar-refractivity contribution < 1.29 is 34.8 Å². The number of nitrogens with two attached hydrogens (primary N) is 1. The predicted octanol–water partition coefficient (Wildman–Crippen LogP) is 1.08. The van der Waals surface area contributed by atoms with Crippen molar-refractivity contribution in [2.24, 2.45) is 17.6 Å². The van der Waals surface area contributed by atoms with Gasteiger partial charge in [-0.3, -0.25) is 19.3 Å². The number of aliphatic hydroxyl groups excluding tert-OH is 2. The first-order valence-electron chi connectivity index (χ1n) is 13.2. The van der Waals surface area contributed by atoms with Crippen LogP contribution in [0.25, 0.3) is 0 Å². The average Bonchev–Trinajstić information content (AvgIpc) is 2.84. The molecule has 0 saturated carbocycles.